The van der Waals surface area contributed by atoms with Gasteiger partial charge in [-0.25, -0.2) is 0 Å². The van der Waals surface area contributed by atoms with Crippen LogP contribution in [0, 0.1) is 0 Å². The molecule has 360 valence electrons. The Morgan fingerprint density at radius 2 is 0.899 bits per heavy atom. The van der Waals surface area contributed by atoms with Crippen molar-refractivity contribution in [2.24, 2.45) is 20.5 Å². The lowest BCUT2D eigenvalue weighted by Gasteiger charge is -2.17. The van der Waals surface area contributed by atoms with Gasteiger partial charge in [0.2, 0.25) is 12.1 Å². The molecule has 0 fully saturated rings. The number of nitrogens with zero attached hydrogens (tertiary/aromatic N) is 4. The molecular formula is C48H45Cl5N8O8. The Bertz CT molecular complexity index is 2860. The molecule has 5 unspecified atom stereocenters. The Hall–Kier alpha value is -6.43. The lowest BCUT2D eigenvalue weighted by molar-refractivity contribution is -0.127. The molecule has 0 aliphatic rings. The van der Waals surface area contributed by atoms with E-state index >= 15 is 0 Å². The molecule has 0 spiro atoms. The molecule has 0 aliphatic heterocycles. The molecule has 0 saturated heterocycles. The van der Waals surface area contributed by atoms with E-state index in [4.69, 9.17) is 67.5 Å². The standard InChI is InChI=1S/C48H45Cl5N8O8/c1-23(49)31-17-14-29(21-39(31)68-6)54-45(64)33-10-8-12-37(41(33)52)58-60-43(26(4)62)47(66)56-28-16-19-36(35(20-28)25(3)51)57-48(67)44(27(5)63)61-59-38-13-9-11-34(42(38)53)46(65)55-30-15-18-32(24(2)50)40(22-30)69-7/h8-25,43-44H,1-7H3,(H,54,64)(H,55,65)(H,56,66)(H,57,67). The van der Waals surface area contributed by atoms with Crippen LogP contribution in [0.25, 0.3) is 0 Å². The number of azo groups is 2. The van der Waals surface area contributed by atoms with Gasteiger partial charge in [0.05, 0.1) is 51.5 Å². The summed E-state index contributed by atoms with van der Waals surface area (Å²) in [4.78, 5) is 79.0. The quantitative estimate of drug-likeness (QED) is 0.0353. The second kappa shape index (κ2) is 24.2. The number of hydrogen-bond acceptors (Lipinski definition) is 12. The Morgan fingerprint density at radius 3 is 1.29 bits per heavy atom. The predicted octanol–water partition coefficient (Wildman–Crippen LogP) is 12.8. The first-order valence-electron chi connectivity index (χ1n) is 20.8. The summed E-state index contributed by atoms with van der Waals surface area (Å²) in [5, 5.41) is 25.2. The van der Waals surface area contributed by atoms with E-state index in [0.29, 0.717) is 28.4 Å². The molecule has 0 bridgehead atoms. The first-order chi connectivity index (χ1) is 32.7. The summed E-state index contributed by atoms with van der Waals surface area (Å²) in [6.07, 6.45) is 0. The van der Waals surface area contributed by atoms with Gasteiger partial charge in [0, 0.05) is 46.0 Å². The van der Waals surface area contributed by atoms with Crippen LogP contribution in [0.3, 0.4) is 0 Å². The van der Waals surface area contributed by atoms with Crippen molar-refractivity contribution in [1.29, 1.82) is 0 Å². The van der Waals surface area contributed by atoms with Crippen molar-refractivity contribution in [2.45, 2.75) is 62.8 Å². The van der Waals surface area contributed by atoms with Gasteiger partial charge in [0.15, 0.2) is 11.6 Å². The van der Waals surface area contributed by atoms with Crippen molar-refractivity contribution >= 4 is 127 Å². The number of rotatable bonds is 19. The number of amides is 4. The van der Waals surface area contributed by atoms with E-state index in [0.717, 1.165) is 25.0 Å². The molecule has 5 atom stereocenters. The van der Waals surface area contributed by atoms with Crippen molar-refractivity contribution in [3.63, 3.8) is 0 Å². The topological polar surface area (TPSA) is 218 Å². The van der Waals surface area contributed by atoms with Gasteiger partial charge in [-0.05, 0) is 94.8 Å². The first kappa shape index (κ1) is 53.5. The molecule has 0 saturated carbocycles. The maximum Gasteiger partial charge on any atom is 0.258 e. The fourth-order valence-electron chi connectivity index (χ4n) is 6.55. The lowest BCUT2D eigenvalue weighted by Crippen LogP contribution is -2.32. The van der Waals surface area contributed by atoms with Gasteiger partial charge >= 0.3 is 0 Å². The summed E-state index contributed by atoms with van der Waals surface area (Å²) < 4.78 is 10.8. The molecule has 5 rings (SSSR count). The average molecular weight is 1040 g/mol. The van der Waals surface area contributed by atoms with Gasteiger partial charge < -0.3 is 30.7 Å². The third kappa shape index (κ3) is 13.6. The largest absolute Gasteiger partial charge is 0.496 e. The number of anilines is 4. The highest BCUT2D eigenvalue weighted by atomic mass is 35.5. The van der Waals surface area contributed by atoms with Crippen LogP contribution in [0.5, 0.6) is 11.5 Å². The maximum absolute atomic E-state index is 13.6. The Labute approximate surface area is 422 Å². The molecule has 5 aromatic carbocycles. The highest BCUT2D eigenvalue weighted by Gasteiger charge is 2.27. The molecule has 4 amide bonds. The molecule has 69 heavy (non-hydrogen) atoms. The number of ketones is 2. The minimum atomic E-state index is -1.65. The Balaban J connectivity index is 1.28. The minimum Gasteiger partial charge on any atom is -0.496 e. The van der Waals surface area contributed by atoms with Crippen LogP contribution in [-0.4, -0.2) is 61.5 Å². The molecule has 5 aromatic rings. The van der Waals surface area contributed by atoms with Gasteiger partial charge in [0.1, 0.15) is 22.9 Å². The predicted molar refractivity (Wildman–Crippen MR) is 269 cm³/mol. The number of hydrogen-bond donors (Lipinski definition) is 4. The van der Waals surface area contributed by atoms with Crippen LogP contribution in [0.4, 0.5) is 34.1 Å². The molecule has 0 aromatic heterocycles. The van der Waals surface area contributed by atoms with Crippen molar-refractivity contribution in [3.8, 4) is 11.5 Å². The van der Waals surface area contributed by atoms with Crippen LogP contribution in [0.1, 0.15) is 88.2 Å². The molecule has 0 radical (unpaired) electrons. The number of carbonyl (C=O) groups is 6. The number of ether oxygens (including phenoxy) is 2. The van der Waals surface area contributed by atoms with E-state index in [1.165, 1.54) is 68.8 Å². The summed E-state index contributed by atoms with van der Waals surface area (Å²) in [7, 11) is 2.97. The van der Waals surface area contributed by atoms with E-state index in [2.05, 4.69) is 41.7 Å². The highest BCUT2D eigenvalue weighted by molar-refractivity contribution is 6.37. The minimum absolute atomic E-state index is 0.00658. The van der Waals surface area contributed by atoms with Crippen LogP contribution in [0.2, 0.25) is 10.0 Å². The fourth-order valence-corrected chi connectivity index (χ4v) is 7.59. The third-order valence-electron chi connectivity index (χ3n) is 10.1. The Morgan fingerprint density at radius 1 is 0.507 bits per heavy atom. The number of nitrogens with one attached hydrogen (secondary N) is 4. The van der Waals surface area contributed by atoms with E-state index in [9.17, 15) is 28.8 Å². The molecule has 16 nitrogen and oxygen atoms in total. The zero-order chi connectivity index (χ0) is 50.7. The fraction of sp³-hybridized carbons (Fsp3) is 0.250. The van der Waals surface area contributed by atoms with Crippen molar-refractivity contribution < 1.29 is 38.2 Å². The summed E-state index contributed by atoms with van der Waals surface area (Å²) in [6.45, 7) is 7.48. The van der Waals surface area contributed by atoms with Crippen molar-refractivity contribution in [2.75, 3.05) is 35.5 Å². The summed E-state index contributed by atoms with van der Waals surface area (Å²) >= 11 is 32.1. The SMILES string of the molecule is COc1cc(NC(=O)c2cccc(N=NC(C(C)=O)C(=O)Nc3ccc(NC(=O)C(N=Nc4cccc(C(=O)Nc5ccc(C(C)Cl)c(OC)c5)c4Cl)C(C)=O)c(C(C)Cl)c3)c2Cl)ccc1C(C)Cl. The second-order valence-electron chi connectivity index (χ2n) is 15.2. The lowest BCUT2D eigenvalue weighted by atomic mass is 10.1. The normalized spacial score (nSPS) is 13.4. The summed E-state index contributed by atoms with van der Waals surface area (Å²) in [5.41, 5.74) is 3.05. The van der Waals surface area contributed by atoms with Crippen LogP contribution < -0.4 is 30.7 Å². The molecule has 4 N–H and O–H groups in total. The number of carbonyl (C=O) groups excluding carboxylic acids is 6. The van der Waals surface area contributed by atoms with Gasteiger partial charge in [-0.15, -0.1) is 34.8 Å². The van der Waals surface area contributed by atoms with Crippen LogP contribution in [-0.2, 0) is 19.2 Å². The number of alkyl halides is 3. The van der Waals surface area contributed by atoms with Gasteiger partial charge in [-0.1, -0.05) is 47.5 Å². The first-order valence-corrected chi connectivity index (χ1v) is 22.9. The van der Waals surface area contributed by atoms with E-state index in [-0.39, 0.29) is 54.7 Å². The Kier molecular flexibility index (Phi) is 18.8. The number of halogens is 5. The van der Waals surface area contributed by atoms with Gasteiger partial charge in [-0.3, -0.25) is 28.8 Å². The van der Waals surface area contributed by atoms with Crippen molar-refractivity contribution in [1.82, 2.24) is 0 Å². The third-order valence-corrected chi connectivity index (χ3v) is 11.6. The molecule has 0 aliphatic carbocycles. The highest BCUT2D eigenvalue weighted by Crippen LogP contribution is 2.36. The van der Waals surface area contributed by atoms with Crippen molar-refractivity contribution in [3.05, 3.63) is 129 Å². The smallest absolute Gasteiger partial charge is 0.258 e. The summed E-state index contributed by atoms with van der Waals surface area (Å²) in [6, 6.07) is 19.9. The zero-order valence-electron chi connectivity index (χ0n) is 38.0. The van der Waals surface area contributed by atoms with Gasteiger partial charge in [0.25, 0.3) is 23.6 Å². The molecule has 0 heterocycles. The van der Waals surface area contributed by atoms with E-state index in [1.54, 1.807) is 57.2 Å². The van der Waals surface area contributed by atoms with Crippen LogP contribution >= 0.6 is 58.0 Å². The monoisotopic (exact) mass is 1040 g/mol. The number of benzene rings is 5. The average Bonchev–Trinajstić information content (AvgIpc) is 3.29. The molecular weight excluding hydrogens is 994 g/mol. The van der Waals surface area contributed by atoms with E-state index in [1.807, 2.05) is 0 Å². The number of Topliss-reactive ketones (excluding diaryl/α,β-unsaturated/α-hetero) is 2. The zero-order valence-corrected chi connectivity index (χ0v) is 41.8. The van der Waals surface area contributed by atoms with Crippen LogP contribution in [0.15, 0.2) is 111 Å². The van der Waals surface area contributed by atoms with Gasteiger partial charge in [-0.2, -0.15) is 20.5 Å². The number of methoxy groups -OCH3 is 2. The maximum atomic E-state index is 13.6. The summed E-state index contributed by atoms with van der Waals surface area (Å²) in [5.74, 6) is -3.26. The van der Waals surface area contributed by atoms with E-state index < -0.39 is 52.7 Å². The molecule has 21 heteroatoms. The second-order valence-corrected chi connectivity index (χ2v) is 17.9.